The lowest BCUT2D eigenvalue weighted by Crippen LogP contribution is -2.64. The number of carbonyl (C=O) groups excluding carboxylic acids is 2. The summed E-state index contributed by atoms with van der Waals surface area (Å²) in [4.78, 5) is 32.2. The number of imide groups is 1. The third kappa shape index (κ3) is 1.75. The Labute approximate surface area is 73.1 Å². The lowest BCUT2D eigenvalue weighted by molar-refractivity contribution is -0.149. The minimum atomic E-state index is -1.33. The predicted octanol–water partition coefficient (Wildman–Crippen LogP) is -1.71. The monoisotopic (exact) mass is 188 g/mol. The largest absolute Gasteiger partial charge is 0.480 e. The Morgan fingerprint density at radius 3 is 2.62 bits per heavy atom. The van der Waals surface area contributed by atoms with Crippen LogP contribution in [0.4, 0.5) is 4.79 Å². The molecule has 3 amide bonds. The summed E-state index contributed by atoms with van der Waals surface area (Å²) in [5, 5.41) is 12.5. The Balaban J connectivity index is 2.83. The summed E-state index contributed by atoms with van der Waals surface area (Å²) in [6.45, 7) is 0. The van der Waals surface area contributed by atoms with Gasteiger partial charge in [0.25, 0.3) is 5.91 Å². The maximum atomic E-state index is 11.0. The Kier molecular flexibility index (Phi) is 2.47. The SMILES string of the molecule is COC1C(=O)NC(=O)NC1C(=O)O. The van der Waals surface area contributed by atoms with Gasteiger partial charge in [0, 0.05) is 7.11 Å². The Morgan fingerprint density at radius 2 is 2.15 bits per heavy atom. The maximum absolute atomic E-state index is 11.0. The van der Waals surface area contributed by atoms with Crippen molar-refractivity contribution in [1.82, 2.24) is 10.6 Å². The van der Waals surface area contributed by atoms with Gasteiger partial charge < -0.3 is 15.2 Å². The van der Waals surface area contributed by atoms with Crippen LogP contribution in [0.1, 0.15) is 0 Å². The van der Waals surface area contributed by atoms with Crippen molar-refractivity contribution in [3.05, 3.63) is 0 Å². The number of amides is 3. The third-order valence-electron chi connectivity index (χ3n) is 1.60. The van der Waals surface area contributed by atoms with E-state index in [-0.39, 0.29) is 0 Å². The van der Waals surface area contributed by atoms with Gasteiger partial charge in [-0.1, -0.05) is 0 Å². The number of carbonyl (C=O) groups is 3. The summed E-state index contributed by atoms with van der Waals surface area (Å²) >= 11 is 0. The molecule has 0 spiro atoms. The van der Waals surface area contributed by atoms with E-state index in [1.54, 1.807) is 0 Å². The zero-order chi connectivity index (χ0) is 10.0. The molecule has 1 aliphatic rings. The molecule has 0 radical (unpaired) electrons. The lowest BCUT2D eigenvalue weighted by atomic mass is 10.1. The van der Waals surface area contributed by atoms with E-state index in [0.717, 1.165) is 0 Å². The number of rotatable bonds is 2. The van der Waals surface area contributed by atoms with E-state index in [1.165, 1.54) is 7.11 Å². The minimum Gasteiger partial charge on any atom is -0.480 e. The van der Waals surface area contributed by atoms with Gasteiger partial charge in [-0.25, -0.2) is 9.59 Å². The van der Waals surface area contributed by atoms with Crippen LogP contribution in [0, 0.1) is 0 Å². The molecule has 2 unspecified atom stereocenters. The molecule has 1 aliphatic heterocycles. The van der Waals surface area contributed by atoms with Gasteiger partial charge >= 0.3 is 12.0 Å². The molecule has 0 aromatic rings. The smallest absolute Gasteiger partial charge is 0.329 e. The highest BCUT2D eigenvalue weighted by Crippen LogP contribution is 2.03. The van der Waals surface area contributed by atoms with Gasteiger partial charge in [0.05, 0.1) is 0 Å². The number of nitrogens with one attached hydrogen (secondary N) is 2. The number of hydrogen-bond acceptors (Lipinski definition) is 4. The summed E-state index contributed by atoms with van der Waals surface area (Å²) < 4.78 is 4.62. The minimum absolute atomic E-state index is 0.751. The molecule has 13 heavy (non-hydrogen) atoms. The molecule has 1 heterocycles. The van der Waals surface area contributed by atoms with Crippen LogP contribution in [0.3, 0.4) is 0 Å². The molecule has 1 rings (SSSR count). The van der Waals surface area contributed by atoms with Crippen LogP contribution in [0.25, 0.3) is 0 Å². The van der Waals surface area contributed by atoms with Crippen molar-refractivity contribution in [1.29, 1.82) is 0 Å². The van der Waals surface area contributed by atoms with E-state index in [0.29, 0.717) is 0 Å². The van der Waals surface area contributed by atoms with Gasteiger partial charge in [0.15, 0.2) is 12.1 Å². The molecule has 7 nitrogen and oxygen atoms in total. The average Bonchev–Trinajstić information content (AvgIpc) is 2.02. The quantitative estimate of drug-likeness (QED) is 0.478. The Morgan fingerprint density at radius 1 is 1.54 bits per heavy atom. The molecule has 72 valence electrons. The first kappa shape index (κ1) is 9.46. The fourth-order valence-corrected chi connectivity index (χ4v) is 1.02. The van der Waals surface area contributed by atoms with Crippen molar-refractivity contribution >= 4 is 17.9 Å². The van der Waals surface area contributed by atoms with E-state index >= 15 is 0 Å². The van der Waals surface area contributed by atoms with Crippen molar-refractivity contribution in [2.24, 2.45) is 0 Å². The number of carboxylic acid groups (broad SMARTS) is 1. The molecule has 1 fully saturated rings. The molecule has 2 atom stereocenters. The fourth-order valence-electron chi connectivity index (χ4n) is 1.02. The van der Waals surface area contributed by atoms with Crippen molar-refractivity contribution in [2.75, 3.05) is 7.11 Å². The predicted molar refractivity (Wildman–Crippen MR) is 38.9 cm³/mol. The summed E-state index contributed by atoms with van der Waals surface area (Å²) in [7, 11) is 1.19. The van der Waals surface area contributed by atoms with Gasteiger partial charge in [-0.05, 0) is 0 Å². The highest BCUT2D eigenvalue weighted by molar-refractivity contribution is 6.03. The van der Waals surface area contributed by atoms with E-state index in [1.807, 2.05) is 5.32 Å². The van der Waals surface area contributed by atoms with Crippen LogP contribution in [0.5, 0.6) is 0 Å². The molecular weight excluding hydrogens is 180 g/mol. The maximum Gasteiger partial charge on any atom is 0.329 e. The lowest BCUT2D eigenvalue weighted by Gasteiger charge is -2.26. The molecule has 7 heteroatoms. The molecule has 3 N–H and O–H groups in total. The second-order valence-corrected chi connectivity index (χ2v) is 2.43. The van der Waals surface area contributed by atoms with E-state index in [9.17, 15) is 14.4 Å². The molecule has 0 aliphatic carbocycles. The van der Waals surface area contributed by atoms with E-state index < -0.39 is 30.1 Å². The van der Waals surface area contributed by atoms with Gasteiger partial charge in [0.2, 0.25) is 0 Å². The number of methoxy groups -OCH3 is 1. The van der Waals surface area contributed by atoms with Crippen molar-refractivity contribution in [3.8, 4) is 0 Å². The Bertz CT molecular complexity index is 264. The first-order valence-corrected chi connectivity index (χ1v) is 3.43. The van der Waals surface area contributed by atoms with Crippen molar-refractivity contribution < 1.29 is 24.2 Å². The molecule has 0 saturated carbocycles. The summed E-state index contributed by atoms with van der Waals surface area (Å²) in [5.74, 6) is -2.06. The zero-order valence-electron chi connectivity index (χ0n) is 6.73. The number of aliphatic carboxylic acids is 1. The normalized spacial score (nSPS) is 27.8. The topological polar surface area (TPSA) is 105 Å². The van der Waals surface area contributed by atoms with Gasteiger partial charge in [-0.15, -0.1) is 0 Å². The number of carboxylic acids is 1. The second kappa shape index (κ2) is 3.40. The third-order valence-corrected chi connectivity index (χ3v) is 1.60. The fraction of sp³-hybridized carbons (Fsp3) is 0.500. The van der Waals surface area contributed by atoms with Gasteiger partial charge in [-0.2, -0.15) is 0 Å². The molecular formula is C6H8N2O5. The molecule has 1 saturated heterocycles. The van der Waals surface area contributed by atoms with Crippen LogP contribution in [-0.4, -0.2) is 42.3 Å². The van der Waals surface area contributed by atoms with E-state index in [4.69, 9.17) is 5.11 Å². The van der Waals surface area contributed by atoms with Crippen molar-refractivity contribution in [3.63, 3.8) is 0 Å². The zero-order valence-corrected chi connectivity index (χ0v) is 6.73. The van der Waals surface area contributed by atoms with Crippen LogP contribution >= 0.6 is 0 Å². The first-order chi connectivity index (χ1) is 6.06. The summed E-state index contributed by atoms with van der Waals surface area (Å²) in [6.07, 6.45) is -1.19. The average molecular weight is 188 g/mol. The van der Waals surface area contributed by atoms with Gasteiger partial charge in [0.1, 0.15) is 0 Å². The Hall–Kier alpha value is -1.63. The van der Waals surface area contributed by atoms with Crippen LogP contribution in [0.2, 0.25) is 0 Å². The second-order valence-electron chi connectivity index (χ2n) is 2.43. The van der Waals surface area contributed by atoms with E-state index in [2.05, 4.69) is 10.1 Å². The molecule has 0 aromatic heterocycles. The van der Waals surface area contributed by atoms with Crippen LogP contribution in [-0.2, 0) is 14.3 Å². The molecule has 0 aromatic carbocycles. The highest BCUT2D eigenvalue weighted by Gasteiger charge is 2.40. The summed E-state index contributed by atoms with van der Waals surface area (Å²) in [5.41, 5.74) is 0. The van der Waals surface area contributed by atoms with Crippen molar-refractivity contribution in [2.45, 2.75) is 12.1 Å². The van der Waals surface area contributed by atoms with Crippen LogP contribution < -0.4 is 10.6 Å². The number of hydrogen-bond donors (Lipinski definition) is 3. The first-order valence-electron chi connectivity index (χ1n) is 3.43. The highest BCUT2D eigenvalue weighted by atomic mass is 16.5. The summed E-state index contributed by atoms with van der Waals surface area (Å²) in [6, 6.07) is -2.16. The van der Waals surface area contributed by atoms with Crippen LogP contribution in [0.15, 0.2) is 0 Å². The number of ether oxygens (including phenoxy) is 1. The number of urea groups is 1. The molecule has 0 bridgehead atoms. The van der Waals surface area contributed by atoms with Gasteiger partial charge in [-0.3, -0.25) is 10.1 Å². The standard InChI is InChI=1S/C6H8N2O5/c1-13-3-2(5(10)11)7-6(12)8-4(3)9/h2-3H,1H3,(H,10,11)(H2,7,8,9,12).